The Kier molecular flexibility index (Phi) is 9.76. The first kappa shape index (κ1) is 25.0. The van der Waals surface area contributed by atoms with E-state index in [0.717, 1.165) is 39.0 Å². The molecule has 0 atom stereocenters. The number of nitro groups is 1. The van der Waals surface area contributed by atoms with E-state index in [1.54, 1.807) is 18.2 Å². The number of amides is 1. The Labute approximate surface area is 185 Å². The lowest BCUT2D eigenvalue weighted by Crippen LogP contribution is -2.46. The number of likely N-dealkylation sites (tertiary alicyclic amines) is 1. The van der Waals surface area contributed by atoms with Gasteiger partial charge in [-0.3, -0.25) is 19.8 Å². The van der Waals surface area contributed by atoms with Crippen LogP contribution in [0.25, 0.3) is 6.08 Å². The molecular weight excluding hydrogens is 422 g/mol. The number of carbonyl (C=O) groups is 3. The van der Waals surface area contributed by atoms with Gasteiger partial charge in [0.1, 0.15) is 0 Å². The number of carboxylic acid groups (broad SMARTS) is 2. The zero-order valence-electron chi connectivity index (χ0n) is 17.6. The molecule has 1 amide bonds. The highest BCUT2D eigenvalue weighted by atomic mass is 16.6. The third-order valence-corrected chi connectivity index (χ3v) is 5.22. The lowest BCUT2D eigenvalue weighted by atomic mass is 9.95. The van der Waals surface area contributed by atoms with E-state index >= 15 is 0 Å². The van der Waals surface area contributed by atoms with Gasteiger partial charge >= 0.3 is 11.9 Å². The van der Waals surface area contributed by atoms with Crippen molar-refractivity contribution < 1.29 is 34.3 Å². The summed E-state index contributed by atoms with van der Waals surface area (Å²) in [6.07, 6.45) is 5.68. The zero-order chi connectivity index (χ0) is 23.5. The van der Waals surface area contributed by atoms with E-state index in [-0.39, 0.29) is 16.5 Å². The molecule has 11 heteroatoms. The number of carbonyl (C=O) groups excluding carboxylic acids is 1. The van der Waals surface area contributed by atoms with E-state index < -0.39 is 11.9 Å². The highest BCUT2D eigenvalue weighted by Crippen LogP contribution is 2.23. The molecule has 32 heavy (non-hydrogen) atoms. The highest BCUT2D eigenvalue weighted by Gasteiger charge is 2.23. The average Bonchev–Trinajstić information content (AvgIpc) is 2.79. The topological polar surface area (TPSA) is 151 Å². The van der Waals surface area contributed by atoms with Crippen LogP contribution in [0.15, 0.2) is 30.3 Å². The third kappa shape index (κ3) is 8.08. The molecule has 1 aromatic carbocycles. The highest BCUT2D eigenvalue weighted by molar-refractivity contribution is 6.27. The lowest BCUT2D eigenvalue weighted by Gasteiger charge is -2.33. The number of rotatable bonds is 5. The molecule has 2 N–H and O–H groups in total. The van der Waals surface area contributed by atoms with E-state index in [9.17, 15) is 14.9 Å². The second-order valence-corrected chi connectivity index (χ2v) is 7.39. The van der Waals surface area contributed by atoms with Crippen molar-refractivity contribution >= 4 is 29.6 Å². The van der Waals surface area contributed by atoms with Crippen LogP contribution in [0.1, 0.15) is 18.4 Å². The Morgan fingerprint density at radius 2 is 1.66 bits per heavy atom. The molecule has 0 spiro atoms. The molecule has 0 unspecified atom stereocenters. The molecule has 2 aliphatic heterocycles. The van der Waals surface area contributed by atoms with Crippen LogP contribution in [0.3, 0.4) is 0 Å². The van der Waals surface area contributed by atoms with Gasteiger partial charge in [-0.1, -0.05) is 24.3 Å². The summed E-state index contributed by atoms with van der Waals surface area (Å²) in [7, 11) is 0. The van der Waals surface area contributed by atoms with Gasteiger partial charge in [0.15, 0.2) is 0 Å². The molecule has 0 saturated carbocycles. The van der Waals surface area contributed by atoms with Gasteiger partial charge in [0, 0.05) is 32.2 Å². The number of para-hydroxylation sites is 1. The van der Waals surface area contributed by atoms with Crippen molar-refractivity contribution in [1.29, 1.82) is 0 Å². The molecule has 0 bridgehead atoms. The van der Waals surface area contributed by atoms with Gasteiger partial charge < -0.3 is 19.8 Å². The number of nitrogens with zero attached hydrogens (tertiary/aromatic N) is 3. The van der Waals surface area contributed by atoms with E-state index in [2.05, 4.69) is 4.90 Å². The predicted octanol–water partition coefficient (Wildman–Crippen LogP) is 1.33. The van der Waals surface area contributed by atoms with Crippen molar-refractivity contribution in [3.63, 3.8) is 0 Å². The fourth-order valence-electron chi connectivity index (χ4n) is 3.43. The molecule has 2 aliphatic rings. The molecule has 11 nitrogen and oxygen atoms in total. The molecule has 0 radical (unpaired) electrons. The molecule has 2 fully saturated rings. The number of aliphatic carboxylic acids is 2. The summed E-state index contributed by atoms with van der Waals surface area (Å²) in [6.45, 7) is 5.00. The van der Waals surface area contributed by atoms with Crippen molar-refractivity contribution in [2.45, 2.75) is 12.8 Å². The minimum Gasteiger partial charge on any atom is -0.473 e. The Morgan fingerprint density at radius 3 is 2.22 bits per heavy atom. The monoisotopic (exact) mass is 449 g/mol. The fraction of sp³-hybridized carbons (Fsp3) is 0.476. The first-order valence-corrected chi connectivity index (χ1v) is 10.2. The molecule has 0 aliphatic carbocycles. The normalized spacial score (nSPS) is 17.4. The predicted molar refractivity (Wildman–Crippen MR) is 114 cm³/mol. The van der Waals surface area contributed by atoms with Crippen molar-refractivity contribution in [1.82, 2.24) is 9.80 Å². The smallest absolute Gasteiger partial charge is 0.414 e. The maximum absolute atomic E-state index is 12.4. The van der Waals surface area contributed by atoms with Gasteiger partial charge in [-0.15, -0.1) is 0 Å². The standard InChI is InChI=1S/C19H25N3O4.C2H2O4/c23-19(15-20-11-13-26-14-12-20)21-9-7-16(8-10-21)5-6-17-3-1-2-4-18(17)22(24)25;3-1(4)2(5)6/h1-6,16H,7-15H2;(H,3,4)(H,5,6)/b6-5+;. The number of hydrogen-bond donors (Lipinski definition) is 2. The van der Waals surface area contributed by atoms with Gasteiger partial charge in [-0.25, -0.2) is 9.59 Å². The van der Waals surface area contributed by atoms with Gasteiger partial charge in [-0.2, -0.15) is 0 Å². The van der Waals surface area contributed by atoms with E-state index in [0.29, 0.717) is 31.2 Å². The van der Waals surface area contributed by atoms with Crippen LogP contribution in [0, 0.1) is 16.0 Å². The summed E-state index contributed by atoms with van der Waals surface area (Å²) in [5.74, 6) is -3.11. The van der Waals surface area contributed by atoms with Crippen LogP contribution in [-0.4, -0.2) is 88.7 Å². The van der Waals surface area contributed by atoms with Crippen LogP contribution < -0.4 is 0 Å². The van der Waals surface area contributed by atoms with Crippen molar-refractivity contribution in [3.8, 4) is 0 Å². The summed E-state index contributed by atoms with van der Waals surface area (Å²) in [5, 5.41) is 25.9. The van der Waals surface area contributed by atoms with Crippen molar-refractivity contribution in [3.05, 3.63) is 46.0 Å². The van der Waals surface area contributed by atoms with Gasteiger partial charge in [0.25, 0.3) is 5.69 Å². The van der Waals surface area contributed by atoms with Crippen molar-refractivity contribution in [2.24, 2.45) is 5.92 Å². The Morgan fingerprint density at radius 1 is 1.06 bits per heavy atom. The number of benzene rings is 1. The molecular formula is C21H27N3O8. The second-order valence-electron chi connectivity index (χ2n) is 7.39. The Bertz CT molecular complexity index is 831. The van der Waals surface area contributed by atoms with Crippen LogP contribution in [0.5, 0.6) is 0 Å². The first-order chi connectivity index (χ1) is 15.3. The Balaban J connectivity index is 0.000000534. The fourth-order valence-corrected chi connectivity index (χ4v) is 3.43. The van der Waals surface area contributed by atoms with E-state index in [4.69, 9.17) is 24.5 Å². The maximum Gasteiger partial charge on any atom is 0.414 e. The summed E-state index contributed by atoms with van der Waals surface area (Å²) >= 11 is 0. The average molecular weight is 449 g/mol. The van der Waals surface area contributed by atoms with E-state index in [1.165, 1.54) is 6.07 Å². The van der Waals surface area contributed by atoms with Crippen LogP contribution >= 0.6 is 0 Å². The molecule has 2 saturated heterocycles. The maximum atomic E-state index is 12.4. The van der Waals surface area contributed by atoms with Crippen LogP contribution in [0.4, 0.5) is 5.69 Å². The number of nitro benzene ring substituents is 1. The summed E-state index contributed by atoms with van der Waals surface area (Å²) in [5.41, 5.74) is 0.755. The zero-order valence-corrected chi connectivity index (χ0v) is 17.6. The largest absolute Gasteiger partial charge is 0.473 e. The quantitative estimate of drug-likeness (QED) is 0.385. The van der Waals surface area contributed by atoms with Gasteiger partial charge in [0.05, 0.1) is 30.2 Å². The number of morpholine rings is 1. The number of piperidine rings is 1. The second kappa shape index (κ2) is 12.5. The third-order valence-electron chi connectivity index (χ3n) is 5.22. The minimum atomic E-state index is -1.82. The lowest BCUT2D eigenvalue weighted by molar-refractivity contribution is -0.385. The minimum absolute atomic E-state index is 0.127. The summed E-state index contributed by atoms with van der Waals surface area (Å²) in [4.78, 5) is 45.4. The Hall–Kier alpha value is -3.31. The number of carboxylic acids is 2. The summed E-state index contributed by atoms with van der Waals surface area (Å²) in [6, 6.07) is 6.76. The van der Waals surface area contributed by atoms with Gasteiger partial charge in [0.2, 0.25) is 5.91 Å². The molecule has 0 aromatic heterocycles. The van der Waals surface area contributed by atoms with Crippen LogP contribution in [-0.2, 0) is 19.1 Å². The number of ether oxygens (including phenoxy) is 1. The SMILES string of the molecule is O=C(CN1CCOCC1)N1CCC(/C=C/c2ccccc2[N+](=O)[O-])CC1.O=C(O)C(=O)O. The molecule has 3 rings (SSSR count). The molecule has 2 heterocycles. The number of hydrogen-bond acceptors (Lipinski definition) is 7. The van der Waals surface area contributed by atoms with Crippen LogP contribution in [0.2, 0.25) is 0 Å². The summed E-state index contributed by atoms with van der Waals surface area (Å²) < 4.78 is 5.31. The van der Waals surface area contributed by atoms with E-state index in [1.807, 2.05) is 17.1 Å². The molecule has 174 valence electrons. The first-order valence-electron chi connectivity index (χ1n) is 10.2. The number of allylic oxidation sites excluding steroid dienone is 1. The van der Waals surface area contributed by atoms with Crippen molar-refractivity contribution in [2.75, 3.05) is 45.9 Å². The molecule has 1 aromatic rings. The van der Waals surface area contributed by atoms with Gasteiger partial charge in [-0.05, 0) is 24.8 Å².